The molecule has 0 atom stereocenters. The monoisotopic (exact) mass is 374 g/mol. The number of aromatic nitrogens is 1. The molecule has 0 aliphatic heterocycles. The zero-order valence-corrected chi connectivity index (χ0v) is 14.6. The van der Waals surface area contributed by atoms with E-state index in [1.165, 1.54) is 48.8 Å². The SMILES string of the molecule is O=C(CNC(=O)c1ccc(S(=O)(=O)Nc2ccncc2)cc1)NC1CC1. The molecule has 0 spiro atoms. The Kier molecular flexibility index (Phi) is 5.17. The first-order chi connectivity index (χ1) is 12.4. The highest BCUT2D eigenvalue weighted by atomic mass is 32.2. The van der Waals surface area contributed by atoms with Gasteiger partial charge in [0, 0.05) is 24.0 Å². The number of sulfonamides is 1. The van der Waals surface area contributed by atoms with Crippen molar-refractivity contribution in [2.75, 3.05) is 11.3 Å². The Hall–Kier alpha value is -2.94. The average Bonchev–Trinajstić information content (AvgIpc) is 3.44. The highest BCUT2D eigenvalue weighted by Gasteiger charge is 2.23. The van der Waals surface area contributed by atoms with Crippen molar-refractivity contribution in [2.24, 2.45) is 0 Å². The van der Waals surface area contributed by atoms with Crippen molar-refractivity contribution in [3.05, 3.63) is 54.4 Å². The van der Waals surface area contributed by atoms with Crippen LogP contribution in [-0.4, -0.2) is 37.8 Å². The molecule has 136 valence electrons. The molecule has 1 aliphatic carbocycles. The number of benzene rings is 1. The van der Waals surface area contributed by atoms with Crippen molar-refractivity contribution in [3.63, 3.8) is 0 Å². The minimum Gasteiger partial charge on any atom is -0.352 e. The third-order valence-electron chi connectivity index (χ3n) is 3.71. The van der Waals surface area contributed by atoms with Crippen LogP contribution in [0, 0.1) is 0 Å². The summed E-state index contributed by atoms with van der Waals surface area (Å²) in [6, 6.07) is 8.77. The molecule has 9 heteroatoms. The van der Waals surface area contributed by atoms with Crippen molar-refractivity contribution < 1.29 is 18.0 Å². The molecule has 2 aromatic rings. The summed E-state index contributed by atoms with van der Waals surface area (Å²) in [6.45, 7) is -0.112. The molecule has 0 saturated heterocycles. The quantitative estimate of drug-likeness (QED) is 0.665. The van der Waals surface area contributed by atoms with Crippen molar-refractivity contribution >= 4 is 27.5 Å². The van der Waals surface area contributed by atoms with E-state index in [0.717, 1.165) is 12.8 Å². The van der Waals surface area contributed by atoms with Gasteiger partial charge in [-0.3, -0.25) is 19.3 Å². The lowest BCUT2D eigenvalue weighted by Crippen LogP contribution is -2.37. The molecule has 3 rings (SSSR count). The molecule has 3 N–H and O–H groups in total. The van der Waals surface area contributed by atoms with E-state index in [9.17, 15) is 18.0 Å². The maximum atomic E-state index is 12.3. The Bertz CT molecular complexity index is 894. The number of hydrogen-bond acceptors (Lipinski definition) is 5. The average molecular weight is 374 g/mol. The maximum absolute atomic E-state index is 12.3. The first-order valence-electron chi connectivity index (χ1n) is 8.04. The van der Waals surface area contributed by atoms with E-state index in [2.05, 4.69) is 20.3 Å². The molecule has 0 unspecified atom stereocenters. The summed E-state index contributed by atoms with van der Waals surface area (Å²) in [6.07, 6.45) is 4.90. The summed E-state index contributed by atoms with van der Waals surface area (Å²) in [5, 5.41) is 5.27. The van der Waals surface area contributed by atoms with Crippen molar-refractivity contribution in [2.45, 2.75) is 23.8 Å². The van der Waals surface area contributed by atoms with Crippen LogP contribution in [0.1, 0.15) is 23.2 Å². The van der Waals surface area contributed by atoms with Gasteiger partial charge in [0.05, 0.1) is 17.1 Å². The highest BCUT2D eigenvalue weighted by Crippen LogP contribution is 2.18. The number of amides is 2. The smallest absolute Gasteiger partial charge is 0.261 e. The molecule has 1 fully saturated rings. The minimum absolute atomic E-state index is 0.0253. The van der Waals surface area contributed by atoms with E-state index in [0.29, 0.717) is 5.69 Å². The molecule has 26 heavy (non-hydrogen) atoms. The molecule has 0 radical (unpaired) electrons. The first kappa shape index (κ1) is 17.9. The number of pyridine rings is 1. The van der Waals surface area contributed by atoms with Gasteiger partial charge in [-0.25, -0.2) is 8.42 Å². The molecule has 1 saturated carbocycles. The van der Waals surface area contributed by atoms with Gasteiger partial charge in [0.1, 0.15) is 0 Å². The van der Waals surface area contributed by atoms with Crippen LogP contribution in [0.15, 0.2) is 53.7 Å². The standard InChI is InChI=1S/C17H18N4O4S/c22-16(20-13-3-4-13)11-19-17(23)12-1-5-15(6-2-12)26(24,25)21-14-7-9-18-10-8-14/h1-2,5-10,13H,3-4,11H2,(H,18,21)(H,19,23)(H,20,22). The molecule has 8 nitrogen and oxygen atoms in total. The van der Waals surface area contributed by atoms with Crippen LogP contribution < -0.4 is 15.4 Å². The van der Waals surface area contributed by atoms with Crippen molar-refractivity contribution in [1.29, 1.82) is 0 Å². The van der Waals surface area contributed by atoms with E-state index >= 15 is 0 Å². The lowest BCUT2D eigenvalue weighted by Gasteiger charge is -2.09. The number of anilines is 1. The highest BCUT2D eigenvalue weighted by molar-refractivity contribution is 7.92. The zero-order chi connectivity index (χ0) is 18.6. The summed E-state index contributed by atoms with van der Waals surface area (Å²) >= 11 is 0. The fraction of sp³-hybridized carbons (Fsp3) is 0.235. The Morgan fingerprint density at radius 2 is 1.69 bits per heavy atom. The third-order valence-corrected chi connectivity index (χ3v) is 5.11. The molecule has 1 aliphatic rings. The van der Waals surface area contributed by atoms with Crippen LogP contribution in [-0.2, 0) is 14.8 Å². The molecule has 1 heterocycles. The number of rotatable bonds is 7. The zero-order valence-electron chi connectivity index (χ0n) is 13.8. The van der Waals surface area contributed by atoms with Gasteiger partial charge in [0.15, 0.2) is 0 Å². The molecule has 0 bridgehead atoms. The molecular formula is C17H18N4O4S. The molecule has 2 amide bonds. The summed E-state index contributed by atoms with van der Waals surface area (Å²) in [5.74, 6) is -0.677. The van der Waals surface area contributed by atoms with E-state index < -0.39 is 15.9 Å². The van der Waals surface area contributed by atoms with E-state index in [1.807, 2.05) is 0 Å². The second kappa shape index (κ2) is 7.52. The van der Waals surface area contributed by atoms with Crippen molar-refractivity contribution in [1.82, 2.24) is 15.6 Å². The predicted molar refractivity (Wildman–Crippen MR) is 95.0 cm³/mol. The van der Waals surface area contributed by atoms with Gasteiger partial charge in [-0.05, 0) is 49.2 Å². The summed E-state index contributed by atoms with van der Waals surface area (Å²) in [5.41, 5.74) is 0.663. The fourth-order valence-electron chi connectivity index (χ4n) is 2.19. The molecule has 1 aromatic heterocycles. The lowest BCUT2D eigenvalue weighted by molar-refractivity contribution is -0.120. The van der Waals surface area contributed by atoms with E-state index in [-0.39, 0.29) is 29.0 Å². The van der Waals surface area contributed by atoms with Crippen LogP contribution in [0.4, 0.5) is 5.69 Å². The normalized spacial score (nSPS) is 13.7. The van der Waals surface area contributed by atoms with Gasteiger partial charge in [-0.1, -0.05) is 0 Å². The summed E-state index contributed by atoms with van der Waals surface area (Å²) in [4.78, 5) is 27.5. The van der Waals surface area contributed by atoms with Gasteiger partial charge < -0.3 is 10.6 Å². The maximum Gasteiger partial charge on any atom is 0.261 e. The molecule has 1 aromatic carbocycles. The van der Waals surface area contributed by atoms with Gasteiger partial charge in [-0.15, -0.1) is 0 Å². The van der Waals surface area contributed by atoms with Gasteiger partial charge >= 0.3 is 0 Å². The number of nitrogens with one attached hydrogen (secondary N) is 3. The van der Waals surface area contributed by atoms with Gasteiger partial charge in [-0.2, -0.15) is 0 Å². The number of nitrogens with zero attached hydrogens (tertiary/aromatic N) is 1. The van der Waals surface area contributed by atoms with Gasteiger partial charge in [0.2, 0.25) is 5.91 Å². The van der Waals surface area contributed by atoms with E-state index in [4.69, 9.17) is 0 Å². The Morgan fingerprint density at radius 3 is 2.31 bits per heavy atom. The van der Waals surface area contributed by atoms with Crippen LogP contribution in [0.5, 0.6) is 0 Å². The lowest BCUT2D eigenvalue weighted by atomic mass is 10.2. The number of carbonyl (C=O) groups excluding carboxylic acids is 2. The first-order valence-corrected chi connectivity index (χ1v) is 9.53. The third kappa shape index (κ3) is 4.79. The molecular weight excluding hydrogens is 356 g/mol. The van der Waals surface area contributed by atoms with Crippen LogP contribution >= 0.6 is 0 Å². The van der Waals surface area contributed by atoms with E-state index in [1.54, 1.807) is 0 Å². The fourth-order valence-corrected chi connectivity index (χ4v) is 3.25. The van der Waals surface area contributed by atoms with Crippen LogP contribution in [0.2, 0.25) is 0 Å². The van der Waals surface area contributed by atoms with Gasteiger partial charge in [0.25, 0.3) is 15.9 Å². The van der Waals surface area contributed by atoms with Crippen LogP contribution in [0.3, 0.4) is 0 Å². The summed E-state index contributed by atoms with van der Waals surface area (Å²) < 4.78 is 27.1. The predicted octanol–water partition coefficient (Wildman–Crippen LogP) is 0.891. The Labute approximate surface area is 151 Å². The number of carbonyl (C=O) groups is 2. The second-order valence-electron chi connectivity index (χ2n) is 5.89. The Morgan fingerprint density at radius 1 is 1.04 bits per heavy atom. The number of hydrogen-bond donors (Lipinski definition) is 3. The largest absolute Gasteiger partial charge is 0.352 e. The van der Waals surface area contributed by atoms with Crippen LogP contribution in [0.25, 0.3) is 0 Å². The minimum atomic E-state index is -3.76. The second-order valence-corrected chi connectivity index (χ2v) is 7.57. The Balaban J connectivity index is 1.60. The topological polar surface area (TPSA) is 117 Å². The summed E-state index contributed by atoms with van der Waals surface area (Å²) in [7, 11) is -3.76. The van der Waals surface area contributed by atoms with Crippen molar-refractivity contribution in [3.8, 4) is 0 Å².